The number of imidazole rings is 1. The number of aromatic amines is 1. The lowest BCUT2D eigenvalue weighted by molar-refractivity contribution is -0.141. The van der Waals surface area contributed by atoms with E-state index in [9.17, 15) is 4.79 Å². The van der Waals surface area contributed by atoms with Crippen molar-refractivity contribution >= 4 is 5.91 Å². The van der Waals surface area contributed by atoms with E-state index in [1.165, 1.54) is 11.4 Å². The van der Waals surface area contributed by atoms with Crippen LogP contribution in [0.5, 0.6) is 5.75 Å². The maximum absolute atomic E-state index is 13.1. The van der Waals surface area contributed by atoms with Crippen LogP contribution in [0.3, 0.4) is 0 Å². The molecule has 1 spiro atoms. The van der Waals surface area contributed by atoms with Crippen molar-refractivity contribution in [3.05, 3.63) is 47.5 Å². The average molecular weight is 380 g/mol. The van der Waals surface area contributed by atoms with Crippen LogP contribution in [0.2, 0.25) is 0 Å². The normalized spacial score (nSPS) is 23.3. The molecule has 4 heterocycles. The third-order valence-electron chi connectivity index (χ3n) is 6.71. The van der Waals surface area contributed by atoms with Crippen LogP contribution in [0.15, 0.2) is 30.6 Å². The quantitative estimate of drug-likeness (QED) is 0.889. The molecule has 148 valence electrons. The summed E-state index contributed by atoms with van der Waals surface area (Å²) in [6.07, 6.45) is 6.20. The number of carbonyl (C=O) groups excluding carboxylic acids is 1. The molecule has 1 aromatic heterocycles. The van der Waals surface area contributed by atoms with Gasteiger partial charge in [0.25, 0.3) is 5.91 Å². The maximum atomic E-state index is 13.1. The fourth-order valence-electron chi connectivity index (χ4n) is 5.29. The Balaban J connectivity index is 1.31. The summed E-state index contributed by atoms with van der Waals surface area (Å²) in [5, 5.41) is 0. The van der Waals surface area contributed by atoms with Gasteiger partial charge in [0.1, 0.15) is 5.75 Å². The standard InChI is InChI=1S/C22H28N4O2/c1-2-10-26-11-7-17-20(24-15-23-17)22(26)8-12-25(13-9-22)21(27)19-14-16-5-3-4-6-18(16)28-19/h3-6,15,19H,2,7-14H2,1H3,(H,23,24). The van der Waals surface area contributed by atoms with E-state index in [0.29, 0.717) is 6.42 Å². The van der Waals surface area contributed by atoms with Crippen molar-refractivity contribution in [2.24, 2.45) is 0 Å². The van der Waals surface area contributed by atoms with Crippen LogP contribution in [0, 0.1) is 0 Å². The molecule has 1 aromatic carbocycles. The number of benzene rings is 1. The maximum Gasteiger partial charge on any atom is 0.263 e. The highest BCUT2D eigenvalue weighted by Gasteiger charge is 2.47. The number of aromatic nitrogens is 2. The van der Waals surface area contributed by atoms with Gasteiger partial charge in [-0.05, 0) is 37.4 Å². The summed E-state index contributed by atoms with van der Waals surface area (Å²) >= 11 is 0. The van der Waals surface area contributed by atoms with Crippen LogP contribution in [0.1, 0.15) is 43.1 Å². The predicted octanol–water partition coefficient (Wildman–Crippen LogP) is 2.50. The Kier molecular flexibility index (Phi) is 4.38. The highest BCUT2D eigenvalue weighted by molar-refractivity contribution is 5.82. The highest BCUT2D eigenvalue weighted by Crippen LogP contribution is 2.42. The van der Waals surface area contributed by atoms with Crippen LogP contribution >= 0.6 is 0 Å². The molecule has 6 nitrogen and oxygen atoms in total. The number of piperidine rings is 1. The van der Waals surface area contributed by atoms with E-state index in [2.05, 4.69) is 22.9 Å². The molecular weight excluding hydrogens is 352 g/mol. The second-order valence-corrected chi connectivity index (χ2v) is 8.24. The van der Waals surface area contributed by atoms with Gasteiger partial charge in [-0.2, -0.15) is 0 Å². The molecule has 1 fully saturated rings. The van der Waals surface area contributed by atoms with Crippen LogP contribution in [0.4, 0.5) is 0 Å². The van der Waals surface area contributed by atoms with Gasteiger partial charge in [-0.1, -0.05) is 25.1 Å². The number of ether oxygens (including phenoxy) is 1. The number of carbonyl (C=O) groups is 1. The molecule has 28 heavy (non-hydrogen) atoms. The fourth-order valence-corrected chi connectivity index (χ4v) is 5.29. The summed E-state index contributed by atoms with van der Waals surface area (Å²) in [7, 11) is 0. The third-order valence-corrected chi connectivity index (χ3v) is 6.71. The van der Waals surface area contributed by atoms with Crippen molar-refractivity contribution in [3.63, 3.8) is 0 Å². The highest BCUT2D eigenvalue weighted by atomic mass is 16.5. The zero-order chi connectivity index (χ0) is 19.1. The molecule has 3 aliphatic heterocycles. The van der Waals surface area contributed by atoms with Crippen molar-refractivity contribution in [1.29, 1.82) is 0 Å². The zero-order valence-electron chi connectivity index (χ0n) is 16.5. The van der Waals surface area contributed by atoms with E-state index >= 15 is 0 Å². The molecule has 1 saturated heterocycles. The first kappa shape index (κ1) is 17.7. The Labute approximate surface area is 165 Å². The van der Waals surface area contributed by atoms with Gasteiger partial charge in [-0.3, -0.25) is 9.69 Å². The minimum atomic E-state index is -0.370. The Hall–Kier alpha value is -2.34. The first-order valence-electron chi connectivity index (χ1n) is 10.5. The molecule has 5 rings (SSSR count). The number of rotatable bonds is 3. The molecule has 0 bridgehead atoms. The molecule has 1 atom stereocenters. The van der Waals surface area contributed by atoms with Gasteiger partial charge >= 0.3 is 0 Å². The molecule has 0 saturated carbocycles. The number of hydrogen-bond acceptors (Lipinski definition) is 4. The number of likely N-dealkylation sites (tertiary alicyclic amines) is 1. The lowest BCUT2D eigenvalue weighted by Crippen LogP contribution is -2.58. The van der Waals surface area contributed by atoms with E-state index in [0.717, 1.165) is 63.2 Å². The lowest BCUT2D eigenvalue weighted by Gasteiger charge is -2.50. The van der Waals surface area contributed by atoms with Gasteiger partial charge in [0.05, 0.1) is 17.6 Å². The molecule has 1 N–H and O–H groups in total. The number of amides is 1. The van der Waals surface area contributed by atoms with Gasteiger partial charge in [0.15, 0.2) is 6.10 Å². The molecule has 3 aliphatic rings. The molecular formula is C22H28N4O2. The zero-order valence-corrected chi connectivity index (χ0v) is 16.5. The molecule has 2 aromatic rings. The Morgan fingerprint density at radius 3 is 2.89 bits per heavy atom. The summed E-state index contributed by atoms with van der Waals surface area (Å²) < 4.78 is 5.94. The van der Waals surface area contributed by atoms with E-state index in [4.69, 9.17) is 9.72 Å². The minimum absolute atomic E-state index is 0.0279. The molecule has 0 radical (unpaired) electrons. The number of para-hydroxylation sites is 1. The Morgan fingerprint density at radius 2 is 2.11 bits per heavy atom. The van der Waals surface area contributed by atoms with Gasteiger partial charge in [0.2, 0.25) is 0 Å². The Bertz CT molecular complexity index is 844. The molecule has 1 amide bonds. The number of H-pyrrole nitrogens is 1. The number of nitrogens with zero attached hydrogens (tertiary/aromatic N) is 3. The van der Waals surface area contributed by atoms with E-state index < -0.39 is 0 Å². The first-order chi connectivity index (χ1) is 13.7. The molecule has 1 unspecified atom stereocenters. The lowest BCUT2D eigenvalue weighted by atomic mass is 9.78. The van der Waals surface area contributed by atoms with Crippen molar-refractivity contribution in [1.82, 2.24) is 19.8 Å². The van der Waals surface area contributed by atoms with Gasteiger partial charge in [0, 0.05) is 38.2 Å². The third kappa shape index (κ3) is 2.73. The Morgan fingerprint density at radius 1 is 1.29 bits per heavy atom. The van der Waals surface area contributed by atoms with Crippen LogP contribution in [0.25, 0.3) is 0 Å². The van der Waals surface area contributed by atoms with Crippen molar-refractivity contribution in [2.45, 2.75) is 50.7 Å². The largest absolute Gasteiger partial charge is 0.480 e. The second kappa shape index (κ2) is 6.92. The fraction of sp³-hybridized carbons (Fsp3) is 0.545. The molecule has 0 aliphatic carbocycles. The van der Waals surface area contributed by atoms with Crippen molar-refractivity contribution in [2.75, 3.05) is 26.2 Å². The SMILES string of the molecule is CCCN1CCc2[nH]cnc2C12CCN(C(=O)C1Cc3ccccc3O1)CC2. The number of nitrogens with one attached hydrogen (secondary N) is 1. The van der Waals surface area contributed by atoms with Crippen LogP contribution < -0.4 is 4.74 Å². The van der Waals surface area contributed by atoms with Gasteiger partial charge in [-0.25, -0.2) is 4.98 Å². The van der Waals surface area contributed by atoms with Gasteiger partial charge < -0.3 is 14.6 Å². The topological polar surface area (TPSA) is 61.5 Å². The summed E-state index contributed by atoms with van der Waals surface area (Å²) in [6, 6.07) is 7.98. The summed E-state index contributed by atoms with van der Waals surface area (Å²) in [5.41, 5.74) is 3.60. The summed E-state index contributed by atoms with van der Waals surface area (Å²) in [6.45, 7) is 5.92. The number of fused-ring (bicyclic) bond motifs is 3. The first-order valence-corrected chi connectivity index (χ1v) is 10.5. The van der Waals surface area contributed by atoms with E-state index in [1.54, 1.807) is 0 Å². The van der Waals surface area contributed by atoms with Crippen LogP contribution in [-0.4, -0.2) is 58.0 Å². The minimum Gasteiger partial charge on any atom is -0.480 e. The second-order valence-electron chi connectivity index (χ2n) is 8.24. The monoisotopic (exact) mass is 380 g/mol. The smallest absolute Gasteiger partial charge is 0.263 e. The molecule has 6 heteroatoms. The summed E-state index contributed by atoms with van der Waals surface area (Å²) in [5.74, 6) is 0.989. The predicted molar refractivity (Wildman–Crippen MR) is 106 cm³/mol. The van der Waals surface area contributed by atoms with E-state index in [-0.39, 0.29) is 17.6 Å². The average Bonchev–Trinajstić information content (AvgIpc) is 3.38. The van der Waals surface area contributed by atoms with Crippen LogP contribution in [-0.2, 0) is 23.2 Å². The summed E-state index contributed by atoms with van der Waals surface area (Å²) in [4.78, 5) is 25.8. The number of hydrogen-bond donors (Lipinski definition) is 1. The van der Waals surface area contributed by atoms with Crippen molar-refractivity contribution < 1.29 is 9.53 Å². The van der Waals surface area contributed by atoms with Gasteiger partial charge in [-0.15, -0.1) is 0 Å². The van der Waals surface area contributed by atoms with E-state index in [1.807, 2.05) is 29.4 Å². The van der Waals surface area contributed by atoms with Crippen molar-refractivity contribution in [3.8, 4) is 5.75 Å².